The van der Waals surface area contributed by atoms with E-state index in [4.69, 9.17) is 0 Å². The van der Waals surface area contributed by atoms with Crippen molar-refractivity contribution < 1.29 is 9.18 Å². The molecule has 1 amide bonds. The zero-order chi connectivity index (χ0) is 13.9. The molecule has 20 heavy (non-hydrogen) atoms. The second-order valence-corrected chi connectivity index (χ2v) is 4.23. The molecule has 3 heterocycles. The first-order chi connectivity index (χ1) is 9.75. The summed E-state index contributed by atoms with van der Waals surface area (Å²) < 4.78 is 15.1. The largest absolute Gasteiger partial charge is 0.348 e. The Hall–Kier alpha value is -2.76. The summed E-state index contributed by atoms with van der Waals surface area (Å²) in [6, 6.07) is 6.94. The minimum Gasteiger partial charge on any atom is -0.348 e. The highest BCUT2D eigenvalue weighted by Crippen LogP contribution is 2.10. The summed E-state index contributed by atoms with van der Waals surface area (Å²) in [4.78, 5) is 15.5. The van der Waals surface area contributed by atoms with Gasteiger partial charge in [0, 0.05) is 25.1 Å². The molecule has 6 heteroatoms. The molecule has 0 aromatic carbocycles. The first-order valence-electron chi connectivity index (χ1n) is 6.04. The van der Waals surface area contributed by atoms with Gasteiger partial charge in [0.25, 0.3) is 5.91 Å². The first-order valence-corrected chi connectivity index (χ1v) is 6.04. The minimum atomic E-state index is -0.632. The van der Waals surface area contributed by atoms with Gasteiger partial charge in [0.15, 0.2) is 5.82 Å². The van der Waals surface area contributed by atoms with Gasteiger partial charge in [-0.25, -0.2) is 8.91 Å². The van der Waals surface area contributed by atoms with E-state index in [0.717, 1.165) is 17.3 Å². The second kappa shape index (κ2) is 5.08. The molecule has 100 valence electrons. The number of nitrogens with one attached hydrogen (secondary N) is 1. The van der Waals surface area contributed by atoms with Crippen LogP contribution in [0.4, 0.5) is 4.39 Å². The van der Waals surface area contributed by atoms with Gasteiger partial charge in [-0.2, -0.15) is 5.10 Å². The van der Waals surface area contributed by atoms with Gasteiger partial charge < -0.3 is 5.32 Å². The number of carbonyl (C=O) groups is 1. The molecule has 0 saturated carbocycles. The van der Waals surface area contributed by atoms with E-state index in [9.17, 15) is 9.18 Å². The molecule has 0 fully saturated rings. The van der Waals surface area contributed by atoms with Gasteiger partial charge in [-0.05, 0) is 23.8 Å². The summed E-state index contributed by atoms with van der Waals surface area (Å²) in [5.74, 6) is -1.10. The SMILES string of the molecule is O=C(NCc1cccn2nccc12)c1ccncc1F. The van der Waals surface area contributed by atoms with Crippen molar-refractivity contribution in [3.05, 3.63) is 66.0 Å². The standard InChI is InChI=1S/C14H11FN4O/c15-12-9-16-5-3-11(12)14(20)17-8-10-2-1-7-19-13(10)4-6-18-19/h1-7,9H,8H2,(H,17,20). The van der Waals surface area contributed by atoms with Gasteiger partial charge in [-0.1, -0.05) is 6.07 Å². The number of rotatable bonds is 3. The molecule has 0 unspecified atom stereocenters. The summed E-state index contributed by atoms with van der Waals surface area (Å²) >= 11 is 0. The molecule has 0 aliphatic carbocycles. The maximum atomic E-state index is 13.4. The van der Waals surface area contributed by atoms with Crippen molar-refractivity contribution in [3.63, 3.8) is 0 Å². The third-order valence-electron chi connectivity index (χ3n) is 2.98. The van der Waals surface area contributed by atoms with Gasteiger partial charge >= 0.3 is 0 Å². The van der Waals surface area contributed by atoms with Gasteiger partial charge in [0.05, 0.1) is 17.3 Å². The molecule has 0 saturated heterocycles. The minimum absolute atomic E-state index is 0.0135. The number of aromatic nitrogens is 3. The number of hydrogen-bond acceptors (Lipinski definition) is 3. The van der Waals surface area contributed by atoms with E-state index in [1.807, 2.05) is 24.4 Å². The third kappa shape index (κ3) is 2.23. The van der Waals surface area contributed by atoms with E-state index in [2.05, 4.69) is 15.4 Å². The fraction of sp³-hybridized carbons (Fsp3) is 0.0714. The molecular weight excluding hydrogens is 259 g/mol. The van der Waals surface area contributed by atoms with Crippen LogP contribution in [-0.4, -0.2) is 20.5 Å². The van der Waals surface area contributed by atoms with Gasteiger partial charge in [0.2, 0.25) is 0 Å². The Morgan fingerprint density at radius 1 is 1.30 bits per heavy atom. The van der Waals surface area contributed by atoms with Crippen LogP contribution in [0.15, 0.2) is 49.1 Å². The van der Waals surface area contributed by atoms with Crippen LogP contribution < -0.4 is 5.32 Å². The molecule has 3 rings (SSSR count). The number of hydrogen-bond donors (Lipinski definition) is 1. The van der Waals surface area contributed by atoms with E-state index >= 15 is 0 Å². The summed E-state index contributed by atoms with van der Waals surface area (Å²) in [5, 5.41) is 6.80. The molecule has 5 nitrogen and oxygen atoms in total. The van der Waals surface area contributed by atoms with Crippen LogP contribution in [-0.2, 0) is 6.54 Å². The lowest BCUT2D eigenvalue weighted by Gasteiger charge is -2.07. The van der Waals surface area contributed by atoms with Crippen molar-refractivity contribution in [1.82, 2.24) is 19.9 Å². The molecule has 3 aromatic heterocycles. The van der Waals surface area contributed by atoms with Crippen molar-refractivity contribution in [2.75, 3.05) is 0 Å². The van der Waals surface area contributed by atoms with Crippen molar-refractivity contribution in [2.24, 2.45) is 0 Å². The molecule has 0 radical (unpaired) electrons. The monoisotopic (exact) mass is 270 g/mol. The van der Waals surface area contributed by atoms with Crippen molar-refractivity contribution in [3.8, 4) is 0 Å². The zero-order valence-corrected chi connectivity index (χ0v) is 10.5. The number of carbonyl (C=O) groups excluding carboxylic acids is 1. The van der Waals surface area contributed by atoms with E-state index in [1.165, 1.54) is 12.3 Å². The maximum absolute atomic E-state index is 13.4. The lowest BCUT2D eigenvalue weighted by molar-refractivity contribution is 0.0947. The van der Waals surface area contributed by atoms with E-state index in [0.29, 0.717) is 6.54 Å². The normalized spacial score (nSPS) is 10.7. The van der Waals surface area contributed by atoms with Gasteiger partial charge in [0.1, 0.15) is 0 Å². The zero-order valence-electron chi connectivity index (χ0n) is 10.5. The Balaban J connectivity index is 1.78. The summed E-state index contributed by atoms with van der Waals surface area (Å²) in [6.07, 6.45) is 5.91. The first kappa shape index (κ1) is 12.3. The number of amides is 1. The molecule has 1 N–H and O–H groups in total. The predicted octanol–water partition coefficient (Wildman–Crippen LogP) is 1.80. The van der Waals surface area contributed by atoms with Crippen LogP contribution >= 0.6 is 0 Å². The quantitative estimate of drug-likeness (QED) is 0.789. The Kier molecular flexibility index (Phi) is 3.12. The lowest BCUT2D eigenvalue weighted by Crippen LogP contribution is -2.24. The van der Waals surface area contributed by atoms with E-state index in [-0.39, 0.29) is 5.56 Å². The fourth-order valence-corrected chi connectivity index (χ4v) is 1.99. The van der Waals surface area contributed by atoms with Crippen LogP contribution in [0.3, 0.4) is 0 Å². The topological polar surface area (TPSA) is 59.3 Å². The van der Waals surface area contributed by atoms with Crippen molar-refractivity contribution in [1.29, 1.82) is 0 Å². The third-order valence-corrected chi connectivity index (χ3v) is 2.98. The molecular formula is C14H11FN4O. The Labute approximate surface area is 114 Å². The number of fused-ring (bicyclic) bond motifs is 1. The van der Waals surface area contributed by atoms with E-state index < -0.39 is 11.7 Å². The average molecular weight is 270 g/mol. The molecule has 0 aliphatic heterocycles. The predicted molar refractivity (Wildman–Crippen MR) is 70.6 cm³/mol. The molecule has 3 aromatic rings. The fourth-order valence-electron chi connectivity index (χ4n) is 1.99. The van der Waals surface area contributed by atoms with Gasteiger partial charge in [-0.3, -0.25) is 9.78 Å². The van der Waals surface area contributed by atoms with Crippen LogP contribution in [0.1, 0.15) is 15.9 Å². The maximum Gasteiger partial charge on any atom is 0.254 e. The van der Waals surface area contributed by atoms with Crippen LogP contribution in [0.2, 0.25) is 0 Å². The molecule has 0 aliphatic rings. The second-order valence-electron chi connectivity index (χ2n) is 4.23. The number of halogens is 1. The molecule has 0 atom stereocenters. The van der Waals surface area contributed by atoms with Crippen LogP contribution in [0.25, 0.3) is 5.52 Å². The number of nitrogens with zero attached hydrogens (tertiary/aromatic N) is 3. The van der Waals surface area contributed by atoms with Crippen molar-refractivity contribution >= 4 is 11.4 Å². The highest BCUT2D eigenvalue weighted by Gasteiger charge is 2.11. The number of pyridine rings is 2. The van der Waals surface area contributed by atoms with Crippen LogP contribution in [0.5, 0.6) is 0 Å². The van der Waals surface area contributed by atoms with E-state index in [1.54, 1.807) is 10.7 Å². The molecule has 0 spiro atoms. The Bertz CT molecular complexity index is 768. The summed E-state index contributed by atoms with van der Waals surface area (Å²) in [6.45, 7) is 0.302. The highest BCUT2D eigenvalue weighted by atomic mass is 19.1. The lowest BCUT2D eigenvalue weighted by atomic mass is 10.2. The summed E-state index contributed by atoms with van der Waals surface area (Å²) in [5.41, 5.74) is 1.80. The van der Waals surface area contributed by atoms with Gasteiger partial charge in [-0.15, -0.1) is 0 Å². The Morgan fingerprint density at radius 2 is 2.20 bits per heavy atom. The summed E-state index contributed by atoms with van der Waals surface area (Å²) in [7, 11) is 0. The molecule has 0 bridgehead atoms. The van der Waals surface area contributed by atoms with Crippen molar-refractivity contribution in [2.45, 2.75) is 6.54 Å². The average Bonchev–Trinajstić information content (AvgIpc) is 2.94. The smallest absolute Gasteiger partial charge is 0.254 e. The Morgan fingerprint density at radius 3 is 3.05 bits per heavy atom. The highest BCUT2D eigenvalue weighted by molar-refractivity contribution is 5.94. The van der Waals surface area contributed by atoms with Crippen LogP contribution in [0, 0.1) is 5.82 Å².